The number of aromatic nitrogens is 2. The van der Waals surface area contributed by atoms with Crippen molar-refractivity contribution < 1.29 is 4.79 Å². The molecule has 0 unspecified atom stereocenters. The molecule has 0 fully saturated rings. The minimum Gasteiger partial charge on any atom is -0.350 e. The van der Waals surface area contributed by atoms with Crippen molar-refractivity contribution in [3.8, 4) is 0 Å². The van der Waals surface area contributed by atoms with Crippen LogP contribution in [0.2, 0.25) is 0 Å². The van der Waals surface area contributed by atoms with Gasteiger partial charge in [-0.15, -0.1) is 11.3 Å². The second-order valence-electron chi connectivity index (χ2n) is 5.23. The summed E-state index contributed by atoms with van der Waals surface area (Å²) < 4.78 is 1.49. The van der Waals surface area contributed by atoms with Gasteiger partial charge in [0.05, 0.1) is 10.3 Å². The number of hydrogen-bond acceptors (Lipinski definition) is 5. The van der Waals surface area contributed by atoms with Crippen LogP contribution in [0.4, 0.5) is 0 Å². The molecular weight excluding hydrogens is 300 g/mol. The number of amides is 1. The Balaban J connectivity index is 1.96. The van der Waals surface area contributed by atoms with Gasteiger partial charge in [-0.25, -0.2) is 4.98 Å². The molecular formula is C15H16N4O2S. The summed E-state index contributed by atoms with van der Waals surface area (Å²) in [5.41, 5.74) is 0.436. The fourth-order valence-corrected chi connectivity index (χ4v) is 3.09. The molecule has 7 heteroatoms. The Labute approximate surface area is 131 Å². The summed E-state index contributed by atoms with van der Waals surface area (Å²) in [6.45, 7) is 1.33. The van der Waals surface area contributed by atoms with Crippen molar-refractivity contribution in [1.29, 1.82) is 0 Å². The summed E-state index contributed by atoms with van der Waals surface area (Å²) in [7, 11) is 3.89. The summed E-state index contributed by atoms with van der Waals surface area (Å²) in [6, 6.07) is 7.01. The van der Waals surface area contributed by atoms with E-state index in [0.29, 0.717) is 27.3 Å². The number of likely N-dealkylation sites (N-methyl/N-ethyl adjacent to an activating group) is 1. The fraction of sp³-hybridized carbons (Fsp3) is 0.267. The van der Waals surface area contributed by atoms with Gasteiger partial charge in [0.1, 0.15) is 10.5 Å². The molecule has 1 N–H and O–H groups in total. The molecule has 0 aliphatic carbocycles. The lowest BCUT2D eigenvalue weighted by Crippen LogP contribution is -2.30. The van der Waals surface area contributed by atoms with Crippen LogP contribution in [0.1, 0.15) is 9.67 Å². The van der Waals surface area contributed by atoms with E-state index in [-0.39, 0.29) is 11.5 Å². The molecule has 0 aromatic carbocycles. The monoisotopic (exact) mass is 316 g/mol. The van der Waals surface area contributed by atoms with Crippen LogP contribution in [-0.4, -0.2) is 47.4 Å². The van der Waals surface area contributed by atoms with Crippen LogP contribution in [0, 0.1) is 0 Å². The van der Waals surface area contributed by atoms with E-state index >= 15 is 0 Å². The first-order valence-corrected chi connectivity index (χ1v) is 7.72. The molecule has 0 atom stereocenters. The summed E-state index contributed by atoms with van der Waals surface area (Å²) in [5, 5.41) is 3.32. The molecule has 0 saturated carbocycles. The highest BCUT2D eigenvalue weighted by atomic mass is 32.1. The third kappa shape index (κ3) is 2.72. The number of thiophene rings is 1. The minimum absolute atomic E-state index is 0.149. The number of nitrogens with one attached hydrogen (secondary N) is 1. The molecule has 0 spiro atoms. The lowest BCUT2D eigenvalue weighted by Gasteiger charge is -2.09. The molecule has 114 valence electrons. The van der Waals surface area contributed by atoms with Gasteiger partial charge >= 0.3 is 0 Å². The molecule has 3 rings (SSSR count). The molecule has 3 heterocycles. The first-order valence-electron chi connectivity index (χ1n) is 6.90. The number of rotatable bonds is 4. The van der Waals surface area contributed by atoms with E-state index in [1.54, 1.807) is 24.4 Å². The summed E-state index contributed by atoms with van der Waals surface area (Å²) in [4.78, 5) is 32.1. The van der Waals surface area contributed by atoms with Crippen molar-refractivity contribution in [2.45, 2.75) is 0 Å². The third-order valence-electron chi connectivity index (χ3n) is 3.28. The molecule has 0 saturated heterocycles. The van der Waals surface area contributed by atoms with E-state index in [4.69, 9.17) is 0 Å². The Kier molecular flexibility index (Phi) is 3.91. The number of nitrogens with zero attached hydrogens (tertiary/aromatic N) is 3. The molecule has 0 radical (unpaired) electrons. The Morgan fingerprint density at radius 3 is 3.00 bits per heavy atom. The molecule has 3 aromatic rings. The molecule has 0 aliphatic heterocycles. The average molecular weight is 316 g/mol. The van der Waals surface area contributed by atoms with Gasteiger partial charge in [0.15, 0.2) is 0 Å². The summed E-state index contributed by atoms with van der Waals surface area (Å²) in [6.07, 6.45) is 1.68. The maximum atomic E-state index is 12.4. The van der Waals surface area contributed by atoms with E-state index in [9.17, 15) is 9.59 Å². The third-order valence-corrected chi connectivity index (χ3v) is 4.31. The van der Waals surface area contributed by atoms with Crippen LogP contribution >= 0.6 is 11.3 Å². The molecule has 0 aliphatic rings. The zero-order valence-corrected chi connectivity index (χ0v) is 13.2. The maximum absolute atomic E-state index is 12.4. The van der Waals surface area contributed by atoms with Gasteiger partial charge in [-0.2, -0.15) is 0 Å². The molecule has 3 aromatic heterocycles. The van der Waals surface area contributed by atoms with Crippen molar-refractivity contribution in [2.24, 2.45) is 0 Å². The minimum atomic E-state index is -0.168. The predicted molar refractivity (Wildman–Crippen MR) is 87.7 cm³/mol. The van der Waals surface area contributed by atoms with E-state index in [2.05, 4.69) is 10.3 Å². The Morgan fingerprint density at radius 2 is 2.23 bits per heavy atom. The second kappa shape index (κ2) is 5.86. The van der Waals surface area contributed by atoms with Gasteiger partial charge in [0.25, 0.3) is 11.5 Å². The number of carbonyl (C=O) groups excluding carboxylic acids is 1. The SMILES string of the molecule is CN(C)CCNC(=O)c1cc2c(=O)n3ccccc3nc2s1. The Bertz CT molecular complexity index is 897. The van der Waals surface area contributed by atoms with Gasteiger partial charge in [-0.3, -0.25) is 14.0 Å². The van der Waals surface area contributed by atoms with Crippen LogP contribution in [-0.2, 0) is 0 Å². The number of hydrogen-bond donors (Lipinski definition) is 1. The highest BCUT2D eigenvalue weighted by Gasteiger charge is 2.14. The predicted octanol–water partition coefficient (Wildman–Crippen LogP) is 1.20. The van der Waals surface area contributed by atoms with Crippen LogP contribution in [0.25, 0.3) is 15.9 Å². The van der Waals surface area contributed by atoms with Crippen molar-refractivity contribution in [3.05, 3.63) is 45.7 Å². The van der Waals surface area contributed by atoms with E-state index in [1.807, 2.05) is 25.1 Å². The van der Waals surface area contributed by atoms with E-state index < -0.39 is 0 Å². The molecule has 22 heavy (non-hydrogen) atoms. The maximum Gasteiger partial charge on any atom is 0.266 e. The first-order chi connectivity index (χ1) is 10.6. The first kappa shape index (κ1) is 14.7. The van der Waals surface area contributed by atoms with Crippen molar-refractivity contribution in [2.75, 3.05) is 27.2 Å². The zero-order chi connectivity index (χ0) is 15.7. The van der Waals surface area contributed by atoms with Crippen molar-refractivity contribution in [3.63, 3.8) is 0 Å². The number of pyridine rings is 1. The van der Waals surface area contributed by atoms with Gasteiger partial charge < -0.3 is 10.2 Å². The highest BCUT2D eigenvalue weighted by Crippen LogP contribution is 2.21. The lowest BCUT2D eigenvalue weighted by atomic mass is 10.3. The Morgan fingerprint density at radius 1 is 1.41 bits per heavy atom. The van der Waals surface area contributed by atoms with Crippen LogP contribution in [0.15, 0.2) is 35.3 Å². The standard InChI is InChI=1S/C15H16N4O2S/c1-18(2)8-6-16-13(20)11-9-10-14(22-11)17-12-5-3-4-7-19(12)15(10)21/h3-5,7,9H,6,8H2,1-2H3,(H,16,20). The summed E-state index contributed by atoms with van der Waals surface area (Å²) >= 11 is 1.24. The lowest BCUT2D eigenvalue weighted by molar-refractivity contribution is 0.0955. The van der Waals surface area contributed by atoms with Crippen LogP contribution in [0.3, 0.4) is 0 Å². The van der Waals surface area contributed by atoms with Crippen LogP contribution < -0.4 is 10.9 Å². The van der Waals surface area contributed by atoms with E-state index in [0.717, 1.165) is 6.54 Å². The number of carbonyl (C=O) groups is 1. The van der Waals surface area contributed by atoms with Gasteiger partial charge in [0, 0.05) is 19.3 Å². The van der Waals surface area contributed by atoms with Crippen molar-refractivity contribution >= 4 is 33.1 Å². The van der Waals surface area contributed by atoms with Crippen molar-refractivity contribution in [1.82, 2.24) is 19.6 Å². The number of fused-ring (bicyclic) bond motifs is 2. The normalized spacial score (nSPS) is 11.4. The fourth-order valence-electron chi connectivity index (χ4n) is 2.14. The highest BCUT2D eigenvalue weighted by molar-refractivity contribution is 7.20. The molecule has 6 nitrogen and oxygen atoms in total. The second-order valence-corrected chi connectivity index (χ2v) is 6.27. The smallest absolute Gasteiger partial charge is 0.266 e. The average Bonchev–Trinajstić information content (AvgIpc) is 2.91. The largest absolute Gasteiger partial charge is 0.350 e. The Hall–Kier alpha value is -2.25. The quantitative estimate of drug-likeness (QED) is 0.785. The summed E-state index contributed by atoms with van der Waals surface area (Å²) in [5.74, 6) is -0.168. The van der Waals surface area contributed by atoms with E-state index in [1.165, 1.54) is 15.7 Å². The zero-order valence-electron chi connectivity index (χ0n) is 12.4. The topological polar surface area (TPSA) is 66.7 Å². The molecule has 0 bridgehead atoms. The van der Waals surface area contributed by atoms with Gasteiger partial charge in [0.2, 0.25) is 0 Å². The van der Waals surface area contributed by atoms with Gasteiger partial charge in [-0.05, 0) is 32.3 Å². The van der Waals surface area contributed by atoms with Gasteiger partial charge in [-0.1, -0.05) is 6.07 Å². The molecule has 1 amide bonds. The van der Waals surface area contributed by atoms with Crippen LogP contribution in [0.5, 0.6) is 0 Å².